The van der Waals surface area contributed by atoms with Gasteiger partial charge in [0.15, 0.2) is 0 Å². The molecule has 0 spiro atoms. The highest BCUT2D eigenvalue weighted by Gasteiger charge is 2.05. The standard InChI is InChI=1S/C25H23N3O2/c1-18-9-10-23(19(2)11-18)14-25(29)28-27-16-21-6-4-8-24(13-21)30-17-22-7-3-5-20(12-22)15-26/h3-13,16H,14,17H2,1-2H3,(H,28,29)/b27-16+. The van der Waals surface area contributed by atoms with E-state index in [9.17, 15) is 4.79 Å². The third kappa shape index (κ3) is 6.05. The number of benzene rings is 3. The minimum Gasteiger partial charge on any atom is -0.489 e. The molecule has 3 rings (SSSR count). The Bertz CT molecular complexity index is 1110. The number of rotatable bonds is 7. The van der Waals surface area contributed by atoms with Gasteiger partial charge in [0.25, 0.3) is 0 Å². The Hall–Kier alpha value is -3.91. The summed E-state index contributed by atoms with van der Waals surface area (Å²) in [5, 5.41) is 13.0. The zero-order valence-corrected chi connectivity index (χ0v) is 17.1. The van der Waals surface area contributed by atoms with Crippen LogP contribution >= 0.6 is 0 Å². The first-order valence-corrected chi connectivity index (χ1v) is 9.63. The van der Waals surface area contributed by atoms with Gasteiger partial charge in [-0.3, -0.25) is 4.79 Å². The van der Waals surface area contributed by atoms with Crippen molar-refractivity contribution in [1.82, 2.24) is 5.43 Å². The van der Waals surface area contributed by atoms with E-state index < -0.39 is 0 Å². The van der Waals surface area contributed by atoms with Gasteiger partial charge < -0.3 is 4.74 Å². The number of nitrogens with zero attached hydrogens (tertiary/aromatic N) is 2. The monoisotopic (exact) mass is 397 g/mol. The van der Waals surface area contributed by atoms with Gasteiger partial charge in [0.05, 0.1) is 24.3 Å². The Morgan fingerprint density at radius 1 is 1.10 bits per heavy atom. The first-order chi connectivity index (χ1) is 14.5. The minimum absolute atomic E-state index is 0.164. The number of aryl methyl sites for hydroxylation is 2. The van der Waals surface area contributed by atoms with E-state index in [0.29, 0.717) is 17.9 Å². The number of carbonyl (C=O) groups excluding carboxylic acids is 1. The van der Waals surface area contributed by atoms with Gasteiger partial charge in [-0.1, -0.05) is 48.0 Å². The van der Waals surface area contributed by atoms with Crippen molar-refractivity contribution >= 4 is 12.1 Å². The van der Waals surface area contributed by atoms with E-state index in [1.807, 2.05) is 62.4 Å². The van der Waals surface area contributed by atoms with E-state index in [1.54, 1.807) is 18.3 Å². The minimum atomic E-state index is -0.164. The third-order valence-corrected chi connectivity index (χ3v) is 4.57. The van der Waals surface area contributed by atoms with Crippen molar-refractivity contribution in [2.24, 2.45) is 5.10 Å². The Labute approximate surface area is 176 Å². The van der Waals surface area contributed by atoms with Crippen molar-refractivity contribution in [2.75, 3.05) is 0 Å². The number of ether oxygens (including phenoxy) is 1. The number of amides is 1. The number of nitrogens with one attached hydrogen (secondary N) is 1. The summed E-state index contributed by atoms with van der Waals surface area (Å²) < 4.78 is 5.80. The molecule has 0 aliphatic carbocycles. The maximum absolute atomic E-state index is 12.1. The summed E-state index contributed by atoms with van der Waals surface area (Å²) >= 11 is 0. The normalized spacial score (nSPS) is 10.6. The molecule has 0 atom stereocenters. The topological polar surface area (TPSA) is 74.5 Å². The second kappa shape index (κ2) is 10.0. The van der Waals surface area contributed by atoms with Crippen molar-refractivity contribution in [3.63, 3.8) is 0 Å². The van der Waals surface area contributed by atoms with Crippen LogP contribution in [-0.4, -0.2) is 12.1 Å². The predicted molar refractivity (Wildman–Crippen MR) is 117 cm³/mol. The van der Waals surface area contributed by atoms with Gasteiger partial charge in [0.1, 0.15) is 12.4 Å². The summed E-state index contributed by atoms with van der Waals surface area (Å²) in [6, 6.07) is 22.9. The lowest BCUT2D eigenvalue weighted by atomic mass is 10.0. The average Bonchev–Trinajstić information content (AvgIpc) is 2.75. The lowest BCUT2D eigenvalue weighted by molar-refractivity contribution is -0.120. The molecule has 0 saturated carbocycles. The van der Waals surface area contributed by atoms with Crippen LogP contribution in [-0.2, 0) is 17.8 Å². The summed E-state index contributed by atoms with van der Waals surface area (Å²) in [4.78, 5) is 12.1. The molecule has 0 unspecified atom stereocenters. The van der Waals surface area contributed by atoms with E-state index in [0.717, 1.165) is 22.3 Å². The smallest absolute Gasteiger partial charge is 0.244 e. The van der Waals surface area contributed by atoms with Crippen LogP contribution in [0.2, 0.25) is 0 Å². The fourth-order valence-electron chi connectivity index (χ4n) is 3.02. The largest absolute Gasteiger partial charge is 0.489 e. The lowest BCUT2D eigenvalue weighted by Gasteiger charge is -2.07. The fraction of sp³-hybridized carbons (Fsp3) is 0.160. The molecular formula is C25H23N3O2. The average molecular weight is 397 g/mol. The molecular weight excluding hydrogens is 374 g/mol. The molecule has 5 heteroatoms. The Balaban J connectivity index is 1.54. The zero-order valence-electron chi connectivity index (χ0n) is 17.1. The molecule has 0 bridgehead atoms. The van der Waals surface area contributed by atoms with Crippen LogP contribution in [0.4, 0.5) is 0 Å². The van der Waals surface area contributed by atoms with Gasteiger partial charge >= 0.3 is 0 Å². The van der Waals surface area contributed by atoms with Gasteiger partial charge in [-0.05, 0) is 60.4 Å². The number of hydrogen-bond acceptors (Lipinski definition) is 4. The summed E-state index contributed by atoms with van der Waals surface area (Å²) in [6.07, 6.45) is 1.87. The second-order valence-corrected chi connectivity index (χ2v) is 7.07. The highest BCUT2D eigenvalue weighted by Crippen LogP contribution is 2.15. The van der Waals surface area contributed by atoms with Crippen LogP contribution in [0, 0.1) is 25.2 Å². The van der Waals surface area contributed by atoms with Crippen LogP contribution in [0.15, 0.2) is 71.8 Å². The van der Waals surface area contributed by atoms with Gasteiger partial charge in [-0.15, -0.1) is 0 Å². The number of nitriles is 1. The summed E-state index contributed by atoms with van der Waals surface area (Å²) in [7, 11) is 0. The van der Waals surface area contributed by atoms with Crippen LogP contribution in [0.3, 0.4) is 0 Å². The molecule has 0 aromatic heterocycles. The molecule has 3 aromatic rings. The van der Waals surface area contributed by atoms with E-state index in [4.69, 9.17) is 10.00 Å². The third-order valence-electron chi connectivity index (χ3n) is 4.57. The van der Waals surface area contributed by atoms with Crippen LogP contribution < -0.4 is 10.2 Å². The van der Waals surface area contributed by atoms with Gasteiger partial charge in [-0.25, -0.2) is 5.43 Å². The van der Waals surface area contributed by atoms with Crippen LogP contribution in [0.1, 0.15) is 33.4 Å². The summed E-state index contributed by atoms with van der Waals surface area (Å²) in [5.74, 6) is 0.519. The summed E-state index contributed by atoms with van der Waals surface area (Å²) in [5.41, 5.74) is 8.17. The molecule has 0 fully saturated rings. The molecule has 1 amide bonds. The maximum atomic E-state index is 12.1. The van der Waals surface area contributed by atoms with E-state index in [1.165, 1.54) is 5.56 Å². The van der Waals surface area contributed by atoms with E-state index >= 15 is 0 Å². The molecule has 3 aromatic carbocycles. The molecule has 0 radical (unpaired) electrons. The predicted octanol–water partition coefficient (Wildman–Crippen LogP) is 4.45. The summed E-state index contributed by atoms with van der Waals surface area (Å²) in [6.45, 7) is 4.39. The first-order valence-electron chi connectivity index (χ1n) is 9.63. The van der Waals surface area contributed by atoms with Crippen molar-refractivity contribution in [2.45, 2.75) is 26.9 Å². The maximum Gasteiger partial charge on any atom is 0.244 e. The highest BCUT2D eigenvalue weighted by atomic mass is 16.5. The Morgan fingerprint density at radius 3 is 2.73 bits per heavy atom. The van der Waals surface area contributed by atoms with Crippen molar-refractivity contribution in [3.05, 3.63) is 100 Å². The van der Waals surface area contributed by atoms with Gasteiger partial charge in [0.2, 0.25) is 5.91 Å². The van der Waals surface area contributed by atoms with Crippen molar-refractivity contribution < 1.29 is 9.53 Å². The van der Waals surface area contributed by atoms with E-state index in [-0.39, 0.29) is 12.3 Å². The molecule has 30 heavy (non-hydrogen) atoms. The number of hydrazone groups is 1. The molecule has 0 heterocycles. The molecule has 5 nitrogen and oxygen atoms in total. The second-order valence-electron chi connectivity index (χ2n) is 7.07. The highest BCUT2D eigenvalue weighted by molar-refractivity contribution is 5.83. The quantitative estimate of drug-likeness (QED) is 0.473. The molecule has 150 valence electrons. The molecule has 0 aliphatic heterocycles. The zero-order chi connectivity index (χ0) is 21.3. The molecule has 1 N–H and O–H groups in total. The van der Waals surface area contributed by atoms with Crippen molar-refractivity contribution in [3.8, 4) is 11.8 Å². The SMILES string of the molecule is Cc1ccc(CC(=O)N/N=C/c2cccc(OCc3cccc(C#N)c3)c2)c(C)c1. The van der Waals surface area contributed by atoms with Crippen LogP contribution in [0.5, 0.6) is 5.75 Å². The van der Waals surface area contributed by atoms with Crippen LogP contribution in [0.25, 0.3) is 0 Å². The number of carbonyl (C=O) groups is 1. The molecule has 0 aliphatic rings. The Morgan fingerprint density at radius 2 is 1.93 bits per heavy atom. The number of hydrogen-bond donors (Lipinski definition) is 1. The van der Waals surface area contributed by atoms with Crippen molar-refractivity contribution in [1.29, 1.82) is 5.26 Å². The lowest BCUT2D eigenvalue weighted by Crippen LogP contribution is -2.20. The Kier molecular flexibility index (Phi) is 6.96. The van der Waals surface area contributed by atoms with Gasteiger partial charge in [-0.2, -0.15) is 10.4 Å². The first kappa shape index (κ1) is 20.8. The molecule has 0 saturated heterocycles. The van der Waals surface area contributed by atoms with Gasteiger partial charge in [0, 0.05) is 0 Å². The fourth-order valence-corrected chi connectivity index (χ4v) is 3.02. The van der Waals surface area contributed by atoms with E-state index in [2.05, 4.69) is 22.7 Å².